The van der Waals surface area contributed by atoms with Crippen LogP contribution in [0.25, 0.3) is 0 Å². The van der Waals surface area contributed by atoms with Crippen LogP contribution in [0.2, 0.25) is 0 Å². The van der Waals surface area contributed by atoms with Crippen LogP contribution in [0, 0.1) is 0 Å². The Morgan fingerprint density at radius 1 is 1.62 bits per heavy atom. The molecule has 0 saturated carbocycles. The summed E-state index contributed by atoms with van der Waals surface area (Å²) >= 11 is 0. The van der Waals surface area contributed by atoms with Gasteiger partial charge in [-0.1, -0.05) is 0 Å². The van der Waals surface area contributed by atoms with E-state index in [0.29, 0.717) is 19.8 Å². The lowest BCUT2D eigenvalue weighted by Crippen LogP contribution is -2.48. The zero-order chi connectivity index (χ0) is 15.1. The molecule has 0 spiro atoms. The Balaban J connectivity index is 2.01. The van der Waals surface area contributed by atoms with Crippen molar-refractivity contribution in [3.63, 3.8) is 0 Å². The maximum Gasteiger partial charge on any atom is 0.194 e. The van der Waals surface area contributed by atoms with Crippen LogP contribution >= 0.6 is 0 Å². The monoisotopic (exact) mass is 295 g/mol. The van der Waals surface area contributed by atoms with Gasteiger partial charge in [0, 0.05) is 39.0 Å². The fourth-order valence-electron chi connectivity index (χ4n) is 2.32. The predicted octanol–water partition coefficient (Wildman–Crippen LogP) is 0.405. The van der Waals surface area contributed by atoms with Gasteiger partial charge in [0.05, 0.1) is 32.5 Å². The van der Waals surface area contributed by atoms with Crippen molar-refractivity contribution >= 4 is 5.96 Å². The van der Waals surface area contributed by atoms with E-state index in [1.807, 2.05) is 19.4 Å². The number of rotatable bonds is 5. The predicted molar refractivity (Wildman–Crippen MR) is 81.3 cm³/mol. The number of guanidine groups is 1. The molecule has 2 heterocycles. The number of aromatic nitrogens is 2. The summed E-state index contributed by atoms with van der Waals surface area (Å²) in [7, 11) is 3.61. The molecule has 1 aromatic rings. The largest absolute Gasteiger partial charge is 0.383 e. The van der Waals surface area contributed by atoms with Gasteiger partial charge >= 0.3 is 0 Å². The van der Waals surface area contributed by atoms with Gasteiger partial charge in [0.15, 0.2) is 5.96 Å². The van der Waals surface area contributed by atoms with E-state index in [-0.39, 0.29) is 6.10 Å². The molecule has 1 N–H and O–H groups in total. The minimum Gasteiger partial charge on any atom is -0.383 e. The minimum atomic E-state index is 0.0405. The van der Waals surface area contributed by atoms with Crippen LogP contribution in [0.5, 0.6) is 0 Å². The van der Waals surface area contributed by atoms with Gasteiger partial charge in [-0.3, -0.25) is 9.67 Å². The molecule has 0 aliphatic carbocycles. The lowest BCUT2D eigenvalue weighted by molar-refractivity contribution is -0.00807. The van der Waals surface area contributed by atoms with Crippen molar-refractivity contribution in [2.24, 2.45) is 12.0 Å². The van der Waals surface area contributed by atoms with Crippen molar-refractivity contribution in [2.45, 2.75) is 13.0 Å². The molecule has 7 heteroatoms. The third-order valence-electron chi connectivity index (χ3n) is 3.35. The normalized spacial score (nSPS) is 19.9. The van der Waals surface area contributed by atoms with E-state index in [2.05, 4.69) is 27.2 Å². The number of methoxy groups -OCH3 is 1. The molecule has 118 valence electrons. The second kappa shape index (κ2) is 7.99. The van der Waals surface area contributed by atoms with Gasteiger partial charge in [-0.2, -0.15) is 5.10 Å². The SMILES string of the molecule is CCNC(=NCCOC)N1CCOC(c2cnn(C)c2)C1. The van der Waals surface area contributed by atoms with E-state index in [4.69, 9.17) is 9.47 Å². The second-order valence-corrected chi connectivity index (χ2v) is 4.98. The summed E-state index contributed by atoms with van der Waals surface area (Å²) < 4.78 is 12.7. The Morgan fingerprint density at radius 2 is 2.48 bits per heavy atom. The van der Waals surface area contributed by atoms with Gasteiger partial charge < -0.3 is 19.7 Å². The Labute approximate surface area is 125 Å². The van der Waals surface area contributed by atoms with Crippen LogP contribution in [0.1, 0.15) is 18.6 Å². The maximum atomic E-state index is 5.86. The van der Waals surface area contributed by atoms with Crippen LogP contribution in [0.3, 0.4) is 0 Å². The highest BCUT2D eigenvalue weighted by molar-refractivity contribution is 5.80. The van der Waals surface area contributed by atoms with Gasteiger partial charge in [-0.05, 0) is 6.92 Å². The maximum absolute atomic E-state index is 5.86. The highest BCUT2D eigenvalue weighted by Crippen LogP contribution is 2.21. The summed E-state index contributed by atoms with van der Waals surface area (Å²) in [6.07, 6.45) is 3.91. The minimum absolute atomic E-state index is 0.0405. The van der Waals surface area contributed by atoms with E-state index >= 15 is 0 Å². The topological polar surface area (TPSA) is 63.9 Å². The Bertz CT molecular complexity index is 460. The first-order chi connectivity index (χ1) is 10.2. The number of nitrogens with one attached hydrogen (secondary N) is 1. The number of aliphatic imine (C=N–C) groups is 1. The Kier molecular flexibility index (Phi) is 6.01. The molecule has 2 rings (SSSR count). The van der Waals surface area contributed by atoms with Crippen molar-refractivity contribution in [3.05, 3.63) is 18.0 Å². The molecule has 1 aromatic heterocycles. The van der Waals surface area contributed by atoms with E-state index in [1.54, 1.807) is 11.8 Å². The van der Waals surface area contributed by atoms with E-state index < -0.39 is 0 Å². The Hall–Kier alpha value is -1.60. The molecule has 0 aromatic carbocycles. The van der Waals surface area contributed by atoms with Crippen LogP contribution < -0.4 is 5.32 Å². The Morgan fingerprint density at radius 3 is 3.14 bits per heavy atom. The van der Waals surface area contributed by atoms with Gasteiger partial charge in [-0.25, -0.2) is 0 Å². The summed E-state index contributed by atoms with van der Waals surface area (Å²) in [5.41, 5.74) is 1.11. The van der Waals surface area contributed by atoms with Gasteiger partial charge in [-0.15, -0.1) is 0 Å². The first-order valence-corrected chi connectivity index (χ1v) is 7.37. The van der Waals surface area contributed by atoms with Crippen molar-refractivity contribution in [1.29, 1.82) is 0 Å². The number of morpholine rings is 1. The van der Waals surface area contributed by atoms with Gasteiger partial charge in [0.25, 0.3) is 0 Å². The van der Waals surface area contributed by atoms with E-state index in [0.717, 1.165) is 31.2 Å². The van der Waals surface area contributed by atoms with Crippen molar-refractivity contribution in [1.82, 2.24) is 20.0 Å². The molecule has 1 fully saturated rings. The molecule has 1 aliphatic heterocycles. The van der Waals surface area contributed by atoms with Crippen molar-refractivity contribution < 1.29 is 9.47 Å². The zero-order valence-corrected chi connectivity index (χ0v) is 13.1. The molecule has 1 unspecified atom stereocenters. The summed E-state index contributed by atoms with van der Waals surface area (Å²) in [6.45, 7) is 6.53. The fraction of sp³-hybridized carbons (Fsp3) is 0.714. The summed E-state index contributed by atoms with van der Waals surface area (Å²) in [5, 5.41) is 7.55. The first kappa shape index (κ1) is 15.8. The molecule has 21 heavy (non-hydrogen) atoms. The summed E-state index contributed by atoms with van der Waals surface area (Å²) in [5.74, 6) is 0.923. The molecule has 1 atom stereocenters. The lowest BCUT2D eigenvalue weighted by Gasteiger charge is -2.34. The van der Waals surface area contributed by atoms with Crippen molar-refractivity contribution in [3.8, 4) is 0 Å². The molecule has 0 amide bonds. The molecule has 0 radical (unpaired) electrons. The third-order valence-corrected chi connectivity index (χ3v) is 3.35. The average molecular weight is 295 g/mol. The highest BCUT2D eigenvalue weighted by Gasteiger charge is 2.24. The summed E-state index contributed by atoms with van der Waals surface area (Å²) in [4.78, 5) is 6.83. The lowest BCUT2D eigenvalue weighted by atomic mass is 10.1. The smallest absolute Gasteiger partial charge is 0.194 e. The number of ether oxygens (including phenoxy) is 2. The number of hydrogen-bond acceptors (Lipinski definition) is 4. The van der Waals surface area contributed by atoms with Crippen molar-refractivity contribution in [2.75, 3.05) is 46.5 Å². The molecular formula is C14H25N5O2. The molecular weight excluding hydrogens is 270 g/mol. The molecule has 1 saturated heterocycles. The third kappa shape index (κ3) is 4.44. The van der Waals surface area contributed by atoms with Gasteiger partial charge in [0.1, 0.15) is 6.10 Å². The molecule has 1 aliphatic rings. The van der Waals surface area contributed by atoms with E-state index in [1.165, 1.54) is 0 Å². The zero-order valence-electron chi connectivity index (χ0n) is 13.1. The number of aryl methyl sites for hydroxylation is 1. The standard InChI is InChI=1S/C14H25N5O2/c1-4-15-14(16-5-7-20-3)19-6-8-21-13(11-19)12-9-17-18(2)10-12/h9-10,13H,4-8,11H2,1-3H3,(H,15,16). The van der Waals surface area contributed by atoms with Crippen LogP contribution in [0.4, 0.5) is 0 Å². The van der Waals surface area contributed by atoms with Gasteiger partial charge in [0.2, 0.25) is 0 Å². The van der Waals surface area contributed by atoms with Crippen LogP contribution in [-0.4, -0.2) is 67.1 Å². The number of hydrogen-bond donors (Lipinski definition) is 1. The fourth-order valence-corrected chi connectivity index (χ4v) is 2.32. The molecule has 0 bridgehead atoms. The second-order valence-electron chi connectivity index (χ2n) is 4.98. The van der Waals surface area contributed by atoms with Crippen LogP contribution in [0.15, 0.2) is 17.4 Å². The molecule has 7 nitrogen and oxygen atoms in total. The number of nitrogens with zero attached hydrogens (tertiary/aromatic N) is 4. The quantitative estimate of drug-likeness (QED) is 0.484. The summed E-state index contributed by atoms with van der Waals surface area (Å²) in [6, 6.07) is 0. The average Bonchev–Trinajstić information content (AvgIpc) is 2.93. The van der Waals surface area contributed by atoms with Crippen LogP contribution in [-0.2, 0) is 16.5 Å². The first-order valence-electron chi connectivity index (χ1n) is 7.37. The van der Waals surface area contributed by atoms with E-state index in [9.17, 15) is 0 Å². The highest BCUT2D eigenvalue weighted by atomic mass is 16.5.